The largest absolute Gasteiger partial charge is 0.472 e. The second-order valence-corrected chi connectivity index (χ2v) is 3.45. The lowest BCUT2D eigenvalue weighted by Crippen LogP contribution is -2.29. The monoisotopic (exact) mass is 187 g/mol. The lowest BCUT2D eigenvalue weighted by molar-refractivity contribution is -0.763. The summed E-state index contributed by atoms with van der Waals surface area (Å²) in [6.07, 6.45) is 0.0912. The molecule has 76 valence electrons. The van der Waals surface area contributed by atoms with Gasteiger partial charge in [-0.1, -0.05) is 20.8 Å². The Morgan fingerprint density at radius 1 is 1.54 bits per heavy atom. The Kier molecular flexibility index (Phi) is 5.11. The van der Waals surface area contributed by atoms with Crippen LogP contribution in [-0.4, -0.2) is 23.1 Å². The molecule has 0 aliphatic heterocycles. The zero-order valence-electron chi connectivity index (χ0n) is 8.83. The van der Waals surface area contributed by atoms with E-state index in [1.807, 2.05) is 13.8 Å². The summed E-state index contributed by atoms with van der Waals surface area (Å²) >= 11 is 0. The molecule has 0 aliphatic rings. The molecule has 4 nitrogen and oxygen atoms in total. The van der Waals surface area contributed by atoms with E-state index in [4.69, 9.17) is 10.6 Å². The van der Waals surface area contributed by atoms with Crippen LogP contribution in [0.1, 0.15) is 34.1 Å². The van der Waals surface area contributed by atoms with Crippen LogP contribution in [0.4, 0.5) is 4.79 Å². The third-order valence-corrected chi connectivity index (χ3v) is 1.67. The van der Waals surface area contributed by atoms with E-state index in [0.29, 0.717) is 12.5 Å². The highest BCUT2D eigenvalue weighted by atomic mass is 16.7. The number of nitrogens with zero attached hydrogens (tertiary/aromatic N) is 1. The molecule has 0 fully saturated rings. The van der Waals surface area contributed by atoms with Gasteiger partial charge in [0.05, 0.1) is 0 Å². The Balaban J connectivity index is 4.45. The maximum Gasteiger partial charge on any atom is 0.472 e. The minimum atomic E-state index is -0.756. The SMILES string of the molecule is CCC(C)=[N+](CC(C)C)OC(N)=O. The summed E-state index contributed by atoms with van der Waals surface area (Å²) < 4.78 is 1.56. The van der Waals surface area contributed by atoms with E-state index in [2.05, 4.69) is 13.8 Å². The van der Waals surface area contributed by atoms with Crippen molar-refractivity contribution in [2.45, 2.75) is 34.1 Å². The molecule has 0 aromatic carbocycles. The number of hydroxylamine groups is 1. The smallest absolute Gasteiger partial charge is 0.330 e. The fourth-order valence-electron chi connectivity index (χ4n) is 0.888. The van der Waals surface area contributed by atoms with Gasteiger partial charge in [-0.25, -0.2) is 4.79 Å². The number of hydrogen-bond donors (Lipinski definition) is 1. The van der Waals surface area contributed by atoms with Crippen molar-refractivity contribution in [3.8, 4) is 0 Å². The van der Waals surface area contributed by atoms with Gasteiger partial charge in [0, 0.05) is 19.3 Å². The van der Waals surface area contributed by atoms with Gasteiger partial charge in [-0.15, -0.1) is 0 Å². The fourth-order valence-corrected chi connectivity index (χ4v) is 0.888. The van der Waals surface area contributed by atoms with E-state index in [9.17, 15) is 4.79 Å². The van der Waals surface area contributed by atoms with Gasteiger partial charge >= 0.3 is 6.09 Å². The molecule has 2 N–H and O–H groups in total. The number of carbonyl (C=O) groups excluding carboxylic acids is 1. The Morgan fingerprint density at radius 3 is 2.38 bits per heavy atom. The van der Waals surface area contributed by atoms with Crippen molar-refractivity contribution in [1.29, 1.82) is 0 Å². The fraction of sp³-hybridized carbons (Fsp3) is 0.778. The molecular formula is C9H19N2O2+. The van der Waals surface area contributed by atoms with Gasteiger partial charge in [-0.2, -0.15) is 4.84 Å². The van der Waals surface area contributed by atoms with E-state index in [0.717, 1.165) is 12.1 Å². The van der Waals surface area contributed by atoms with Crippen LogP contribution in [0.15, 0.2) is 0 Å². The molecule has 0 aliphatic carbocycles. The zero-order valence-corrected chi connectivity index (χ0v) is 8.83. The number of nitrogens with two attached hydrogens (primary N) is 1. The van der Waals surface area contributed by atoms with Crippen molar-refractivity contribution in [1.82, 2.24) is 0 Å². The van der Waals surface area contributed by atoms with Crippen LogP contribution >= 0.6 is 0 Å². The first-order valence-corrected chi connectivity index (χ1v) is 4.54. The maximum absolute atomic E-state index is 10.6. The van der Waals surface area contributed by atoms with E-state index < -0.39 is 6.09 Å². The molecule has 0 radical (unpaired) electrons. The second-order valence-electron chi connectivity index (χ2n) is 3.45. The molecule has 0 rings (SSSR count). The van der Waals surface area contributed by atoms with Gasteiger partial charge in [0.25, 0.3) is 0 Å². The molecule has 13 heavy (non-hydrogen) atoms. The van der Waals surface area contributed by atoms with Crippen LogP contribution in [0.25, 0.3) is 0 Å². The van der Waals surface area contributed by atoms with Crippen molar-refractivity contribution in [2.75, 3.05) is 6.54 Å². The highest BCUT2D eigenvalue weighted by Crippen LogP contribution is 1.96. The average molecular weight is 187 g/mol. The number of primary amides is 1. The second kappa shape index (κ2) is 5.56. The first kappa shape index (κ1) is 11.9. The first-order chi connectivity index (χ1) is 5.97. The van der Waals surface area contributed by atoms with Crippen molar-refractivity contribution in [3.63, 3.8) is 0 Å². The van der Waals surface area contributed by atoms with Crippen LogP contribution in [-0.2, 0) is 4.84 Å². The molecule has 0 aromatic rings. The van der Waals surface area contributed by atoms with Crippen LogP contribution < -0.4 is 5.73 Å². The van der Waals surface area contributed by atoms with E-state index in [1.54, 1.807) is 4.74 Å². The summed E-state index contributed by atoms with van der Waals surface area (Å²) in [5.74, 6) is 0.431. The molecule has 0 spiro atoms. The molecule has 4 heteroatoms. The average Bonchev–Trinajstić information content (AvgIpc) is 2.00. The minimum Gasteiger partial charge on any atom is -0.330 e. The van der Waals surface area contributed by atoms with Gasteiger partial charge in [0.1, 0.15) is 0 Å². The third kappa shape index (κ3) is 5.22. The van der Waals surface area contributed by atoms with Crippen molar-refractivity contribution < 1.29 is 14.4 Å². The standard InChI is InChI=1S/C9H18N2O2/c1-5-8(4)11(6-7(2)3)13-9(10)12/h7H,5-6H2,1-4H3,(H-,10,12)/p+1. The summed E-state index contributed by atoms with van der Waals surface area (Å²) in [6.45, 7) is 8.72. The predicted octanol–water partition coefficient (Wildman–Crippen LogP) is 1.54. The molecule has 0 heterocycles. The highest BCUT2D eigenvalue weighted by molar-refractivity contribution is 5.76. The molecular weight excluding hydrogens is 168 g/mol. The van der Waals surface area contributed by atoms with Crippen LogP contribution in [0.3, 0.4) is 0 Å². The summed E-state index contributed by atoms with van der Waals surface area (Å²) in [5, 5.41) is 0. The molecule has 1 amide bonds. The quantitative estimate of drug-likeness (QED) is 0.314. The van der Waals surface area contributed by atoms with Crippen molar-refractivity contribution in [3.05, 3.63) is 0 Å². The van der Waals surface area contributed by atoms with Crippen LogP contribution in [0.2, 0.25) is 0 Å². The lowest BCUT2D eigenvalue weighted by Gasteiger charge is -2.04. The topological polar surface area (TPSA) is 55.3 Å². The molecule has 0 saturated heterocycles. The molecule has 0 saturated carbocycles. The van der Waals surface area contributed by atoms with Crippen molar-refractivity contribution in [2.24, 2.45) is 11.7 Å². The number of amides is 1. The lowest BCUT2D eigenvalue weighted by atomic mass is 10.2. The summed E-state index contributed by atoms with van der Waals surface area (Å²) in [6, 6.07) is 0. The van der Waals surface area contributed by atoms with Gasteiger partial charge in [0.2, 0.25) is 5.71 Å². The van der Waals surface area contributed by atoms with E-state index in [1.165, 1.54) is 0 Å². The Morgan fingerprint density at radius 2 is 2.08 bits per heavy atom. The van der Waals surface area contributed by atoms with E-state index in [-0.39, 0.29) is 0 Å². The molecule has 0 aromatic heterocycles. The Bertz CT molecular complexity index is 210. The van der Waals surface area contributed by atoms with Gasteiger partial charge in [-0.3, -0.25) is 0 Å². The first-order valence-electron chi connectivity index (χ1n) is 4.54. The molecule has 0 bridgehead atoms. The summed E-state index contributed by atoms with van der Waals surface area (Å²) in [7, 11) is 0. The van der Waals surface area contributed by atoms with Gasteiger partial charge < -0.3 is 5.73 Å². The van der Waals surface area contributed by atoms with Crippen LogP contribution in [0, 0.1) is 5.92 Å². The Hall–Kier alpha value is -1.06. The summed E-state index contributed by atoms with van der Waals surface area (Å²) in [4.78, 5) is 15.4. The molecule has 0 atom stereocenters. The zero-order chi connectivity index (χ0) is 10.4. The number of hydrogen-bond acceptors (Lipinski definition) is 2. The normalized spacial score (nSPS) is 12.7. The van der Waals surface area contributed by atoms with Crippen molar-refractivity contribution >= 4 is 11.8 Å². The molecule has 0 unspecified atom stereocenters. The van der Waals surface area contributed by atoms with E-state index >= 15 is 0 Å². The third-order valence-electron chi connectivity index (χ3n) is 1.67. The predicted molar refractivity (Wildman–Crippen MR) is 51.6 cm³/mol. The van der Waals surface area contributed by atoms with Crippen LogP contribution in [0.5, 0.6) is 0 Å². The number of carbonyl (C=O) groups is 1. The van der Waals surface area contributed by atoms with Gasteiger partial charge in [0.15, 0.2) is 6.54 Å². The Labute approximate surface area is 79.3 Å². The highest BCUT2D eigenvalue weighted by Gasteiger charge is 2.16. The summed E-state index contributed by atoms with van der Waals surface area (Å²) in [5.41, 5.74) is 5.95. The van der Waals surface area contributed by atoms with Gasteiger partial charge in [-0.05, 0) is 4.74 Å². The number of rotatable bonds is 4. The minimum absolute atomic E-state index is 0.431. The maximum atomic E-state index is 10.6.